The number of carbonyl (C=O) groups is 1. The van der Waals surface area contributed by atoms with Gasteiger partial charge in [0.15, 0.2) is 11.6 Å². The number of nitrogens with one attached hydrogen (secondary N) is 2. The van der Waals surface area contributed by atoms with Crippen molar-refractivity contribution in [1.82, 2.24) is 10.5 Å². The number of carbonyl (C=O) groups excluding carboxylic acids is 1. The van der Waals surface area contributed by atoms with Gasteiger partial charge in [-0.25, -0.2) is 19.2 Å². The molecule has 2 aromatic rings. The van der Waals surface area contributed by atoms with Crippen molar-refractivity contribution in [3.05, 3.63) is 53.4 Å². The summed E-state index contributed by atoms with van der Waals surface area (Å²) in [5.74, 6) is -3.38. The number of hydrogen-bond acceptors (Lipinski definition) is 7. The number of aromatic nitrogens is 1. The highest BCUT2D eigenvalue weighted by molar-refractivity contribution is 5.99. The van der Waals surface area contributed by atoms with Crippen molar-refractivity contribution >= 4 is 17.3 Å². The van der Waals surface area contributed by atoms with E-state index >= 15 is 0 Å². The molecule has 0 bridgehead atoms. The maximum Gasteiger partial charge on any atom is 0.277 e. The minimum absolute atomic E-state index is 0.129. The first-order chi connectivity index (χ1) is 12.5. The zero-order chi connectivity index (χ0) is 19.1. The predicted octanol–water partition coefficient (Wildman–Crippen LogP) is 0.990. The number of halogens is 2. The maximum atomic E-state index is 14.2. The molecule has 0 fully saturated rings. The van der Waals surface area contributed by atoms with E-state index in [1.165, 1.54) is 18.3 Å². The zero-order valence-corrected chi connectivity index (χ0v) is 13.2. The van der Waals surface area contributed by atoms with Crippen molar-refractivity contribution in [1.29, 1.82) is 5.26 Å². The van der Waals surface area contributed by atoms with Crippen LogP contribution in [0.4, 0.5) is 20.2 Å². The van der Waals surface area contributed by atoms with Gasteiger partial charge in [-0.2, -0.15) is 5.26 Å². The topological polar surface area (TPSA) is 128 Å². The average molecular weight is 364 g/mol. The van der Waals surface area contributed by atoms with Gasteiger partial charge in [0.2, 0.25) is 0 Å². The number of rotatable bonds is 7. The maximum absolute atomic E-state index is 14.2. The Morgan fingerprint density at radius 1 is 1.35 bits per heavy atom. The fourth-order valence-electron chi connectivity index (χ4n) is 1.85. The van der Waals surface area contributed by atoms with E-state index in [1.54, 1.807) is 0 Å². The Morgan fingerprint density at radius 2 is 2.12 bits per heavy atom. The monoisotopic (exact) mass is 364 g/mol. The SMILES string of the molecule is N#Cc1ccc(Nc2c(C(=O)NOC[C@H](O)CO)ccc(F)c2F)cn1. The molecule has 0 saturated heterocycles. The van der Waals surface area contributed by atoms with Crippen LogP contribution in [0.1, 0.15) is 16.1 Å². The molecule has 1 heterocycles. The van der Waals surface area contributed by atoms with Crippen LogP contribution in [-0.4, -0.2) is 40.4 Å². The summed E-state index contributed by atoms with van der Waals surface area (Å²) in [7, 11) is 0. The average Bonchev–Trinajstić information content (AvgIpc) is 2.65. The highest BCUT2D eigenvalue weighted by Gasteiger charge is 2.19. The molecular formula is C16H14F2N4O4. The third-order valence-electron chi connectivity index (χ3n) is 3.14. The molecule has 2 rings (SSSR count). The first-order valence-electron chi connectivity index (χ1n) is 7.28. The molecule has 10 heteroatoms. The highest BCUT2D eigenvalue weighted by atomic mass is 19.2. The van der Waals surface area contributed by atoms with Crippen molar-refractivity contribution in [2.45, 2.75) is 6.10 Å². The molecule has 0 radical (unpaired) electrons. The Labute approximate surface area is 146 Å². The number of benzene rings is 1. The molecular weight excluding hydrogens is 350 g/mol. The van der Waals surface area contributed by atoms with Gasteiger partial charge in [-0.15, -0.1) is 0 Å². The number of nitriles is 1. The van der Waals surface area contributed by atoms with E-state index in [9.17, 15) is 13.6 Å². The molecule has 0 unspecified atom stereocenters. The number of amides is 1. The van der Waals surface area contributed by atoms with Crippen LogP contribution in [0.2, 0.25) is 0 Å². The lowest BCUT2D eigenvalue weighted by Gasteiger charge is -2.14. The summed E-state index contributed by atoms with van der Waals surface area (Å²) in [6, 6.07) is 6.40. The van der Waals surface area contributed by atoms with Crippen LogP contribution in [-0.2, 0) is 4.84 Å². The van der Waals surface area contributed by atoms with E-state index in [4.69, 9.17) is 20.3 Å². The minimum atomic E-state index is -1.29. The molecule has 0 saturated carbocycles. The number of hydrogen-bond donors (Lipinski definition) is 4. The second-order valence-corrected chi connectivity index (χ2v) is 5.03. The van der Waals surface area contributed by atoms with Crippen molar-refractivity contribution in [2.24, 2.45) is 0 Å². The van der Waals surface area contributed by atoms with Crippen LogP contribution in [0, 0.1) is 23.0 Å². The van der Waals surface area contributed by atoms with E-state index in [-0.39, 0.29) is 16.9 Å². The molecule has 8 nitrogen and oxygen atoms in total. The molecule has 0 aliphatic carbocycles. The van der Waals surface area contributed by atoms with Gasteiger partial charge in [-0.3, -0.25) is 9.63 Å². The van der Waals surface area contributed by atoms with Crippen LogP contribution < -0.4 is 10.8 Å². The summed E-state index contributed by atoms with van der Waals surface area (Å²) in [6.45, 7) is -0.965. The molecule has 1 aromatic carbocycles. The summed E-state index contributed by atoms with van der Waals surface area (Å²) in [6.07, 6.45) is 0.0150. The minimum Gasteiger partial charge on any atom is -0.394 e. The molecule has 0 aliphatic heterocycles. The first kappa shape index (κ1) is 19.2. The summed E-state index contributed by atoms with van der Waals surface area (Å²) in [5, 5.41) is 29.0. The Bertz CT molecular complexity index is 824. The second kappa shape index (κ2) is 8.82. The number of aliphatic hydroxyl groups is 2. The quantitative estimate of drug-likeness (QED) is 0.540. The summed E-state index contributed by atoms with van der Waals surface area (Å²) < 4.78 is 27.7. The van der Waals surface area contributed by atoms with Crippen LogP contribution in [0.25, 0.3) is 0 Å². The third-order valence-corrected chi connectivity index (χ3v) is 3.14. The lowest BCUT2D eigenvalue weighted by Crippen LogP contribution is -2.30. The van der Waals surface area contributed by atoms with E-state index in [0.29, 0.717) is 0 Å². The molecule has 4 N–H and O–H groups in total. The van der Waals surface area contributed by atoms with Gasteiger partial charge in [-0.05, 0) is 24.3 Å². The largest absolute Gasteiger partial charge is 0.394 e. The lowest BCUT2D eigenvalue weighted by molar-refractivity contribution is -0.0295. The van der Waals surface area contributed by atoms with Crippen molar-refractivity contribution in [2.75, 3.05) is 18.5 Å². The number of nitrogens with zero attached hydrogens (tertiary/aromatic N) is 2. The van der Waals surface area contributed by atoms with Gasteiger partial charge in [-0.1, -0.05) is 0 Å². The molecule has 1 atom stereocenters. The first-order valence-corrected chi connectivity index (χ1v) is 7.28. The number of anilines is 2. The van der Waals surface area contributed by atoms with E-state index in [2.05, 4.69) is 10.3 Å². The highest BCUT2D eigenvalue weighted by Crippen LogP contribution is 2.26. The Hall–Kier alpha value is -3.13. The standard InChI is InChI=1S/C16H14F2N4O4/c17-13-4-3-12(16(25)22-26-8-11(24)7-23)15(14(13)18)21-10-2-1-9(5-19)20-6-10/h1-4,6,11,21,23-24H,7-8H2,(H,22,25)/t11-/m1/s1. The molecule has 1 amide bonds. The van der Waals surface area contributed by atoms with E-state index in [0.717, 1.165) is 12.1 Å². The molecule has 136 valence electrons. The van der Waals surface area contributed by atoms with Gasteiger partial charge in [0.1, 0.15) is 24.5 Å². The van der Waals surface area contributed by atoms with Gasteiger partial charge in [0, 0.05) is 0 Å². The number of hydroxylamine groups is 1. The number of pyridine rings is 1. The van der Waals surface area contributed by atoms with Gasteiger partial charge < -0.3 is 15.5 Å². The zero-order valence-electron chi connectivity index (χ0n) is 13.2. The predicted molar refractivity (Wildman–Crippen MR) is 85.1 cm³/mol. The third kappa shape index (κ3) is 4.70. The molecule has 26 heavy (non-hydrogen) atoms. The Morgan fingerprint density at radius 3 is 2.73 bits per heavy atom. The second-order valence-electron chi connectivity index (χ2n) is 5.03. The molecule has 0 spiro atoms. The summed E-state index contributed by atoms with van der Waals surface area (Å²) >= 11 is 0. The van der Waals surface area contributed by atoms with Crippen LogP contribution in [0.3, 0.4) is 0 Å². The van der Waals surface area contributed by atoms with Crippen LogP contribution in [0.15, 0.2) is 30.5 Å². The van der Waals surface area contributed by atoms with E-state index in [1.807, 2.05) is 11.5 Å². The molecule has 0 aliphatic rings. The van der Waals surface area contributed by atoms with E-state index < -0.39 is 42.5 Å². The van der Waals surface area contributed by atoms with Crippen molar-refractivity contribution in [3.63, 3.8) is 0 Å². The number of aliphatic hydroxyl groups excluding tert-OH is 2. The van der Waals surface area contributed by atoms with Gasteiger partial charge >= 0.3 is 0 Å². The molecule has 1 aromatic heterocycles. The van der Waals surface area contributed by atoms with Gasteiger partial charge in [0.05, 0.1) is 29.7 Å². The van der Waals surface area contributed by atoms with Crippen LogP contribution >= 0.6 is 0 Å². The summed E-state index contributed by atoms with van der Waals surface area (Å²) in [5.41, 5.74) is 1.58. The van der Waals surface area contributed by atoms with Gasteiger partial charge in [0.25, 0.3) is 5.91 Å². The normalized spacial score (nSPS) is 11.5. The van der Waals surface area contributed by atoms with Crippen molar-refractivity contribution < 1.29 is 28.6 Å². The fraction of sp³-hybridized carbons (Fsp3) is 0.188. The fourth-order valence-corrected chi connectivity index (χ4v) is 1.85. The summed E-state index contributed by atoms with van der Waals surface area (Å²) in [4.78, 5) is 20.6. The Kier molecular flexibility index (Phi) is 6.51. The Balaban J connectivity index is 2.22. The van der Waals surface area contributed by atoms with Crippen LogP contribution in [0.5, 0.6) is 0 Å². The lowest BCUT2D eigenvalue weighted by atomic mass is 10.1. The van der Waals surface area contributed by atoms with Crippen molar-refractivity contribution in [3.8, 4) is 6.07 Å². The smallest absolute Gasteiger partial charge is 0.277 e.